The largest absolute Gasteiger partial charge is 0.454 e. The van der Waals surface area contributed by atoms with Gasteiger partial charge in [0.15, 0.2) is 11.5 Å². The lowest BCUT2D eigenvalue weighted by Gasteiger charge is -2.35. The summed E-state index contributed by atoms with van der Waals surface area (Å²) in [6.45, 7) is 5.62. The quantitative estimate of drug-likeness (QED) is 0.308. The molecule has 2 aromatic heterocycles. The van der Waals surface area contributed by atoms with Crippen LogP contribution in [0.5, 0.6) is 11.5 Å². The molecule has 0 atom stereocenters. The van der Waals surface area contributed by atoms with Gasteiger partial charge < -0.3 is 19.7 Å². The topological polar surface area (TPSA) is 119 Å². The van der Waals surface area contributed by atoms with E-state index in [1.165, 1.54) is 6.33 Å². The Bertz CT molecular complexity index is 1490. The second kappa shape index (κ2) is 9.51. The zero-order valence-electron chi connectivity index (χ0n) is 20.3. The van der Waals surface area contributed by atoms with Gasteiger partial charge >= 0.3 is 5.69 Å². The molecule has 2 aliphatic heterocycles. The Labute approximate surface area is 212 Å². The predicted molar refractivity (Wildman–Crippen MR) is 139 cm³/mol. The number of nitrogens with one attached hydrogen (secondary N) is 1. The predicted octanol–water partition coefficient (Wildman–Crippen LogP) is 4.04. The molecule has 0 bridgehead atoms. The van der Waals surface area contributed by atoms with Gasteiger partial charge in [0.05, 0.1) is 16.1 Å². The van der Waals surface area contributed by atoms with Gasteiger partial charge in [-0.05, 0) is 36.8 Å². The molecular weight excluding hydrogens is 474 g/mol. The van der Waals surface area contributed by atoms with Crippen LogP contribution in [0.1, 0.15) is 11.3 Å². The van der Waals surface area contributed by atoms with Crippen LogP contribution in [0.4, 0.5) is 23.0 Å². The maximum Gasteiger partial charge on any atom is 0.353 e. The molecule has 0 spiro atoms. The Morgan fingerprint density at radius 3 is 2.70 bits per heavy atom. The molecular formula is C26H25N7O4. The van der Waals surface area contributed by atoms with Crippen molar-refractivity contribution >= 4 is 33.9 Å². The first kappa shape index (κ1) is 22.9. The van der Waals surface area contributed by atoms with Crippen molar-refractivity contribution in [2.75, 3.05) is 43.2 Å². The van der Waals surface area contributed by atoms with Crippen molar-refractivity contribution in [2.24, 2.45) is 0 Å². The van der Waals surface area contributed by atoms with E-state index >= 15 is 0 Å². The number of para-hydroxylation sites is 1. The van der Waals surface area contributed by atoms with E-state index in [0.29, 0.717) is 24.6 Å². The van der Waals surface area contributed by atoms with E-state index in [9.17, 15) is 10.1 Å². The van der Waals surface area contributed by atoms with Crippen LogP contribution < -0.4 is 19.7 Å². The number of pyridine rings is 1. The van der Waals surface area contributed by atoms with E-state index in [-0.39, 0.29) is 18.3 Å². The molecule has 2 aliphatic rings. The standard InChI is InChI=1S/C26H25N7O4/c1-17-5-7-19-3-2-4-20(23(19)29-17)30-25-24(33(34)35)26(28-15-27-25)32-11-9-31(10-12-32)14-18-6-8-21-22(13-18)37-16-36-21/h2-8,13,15H,9-12,14,16H2,1H3,(H,27,28,30). The van der Waals surface area contributed by atoms with E-state index in [1.54, 1.807) is 0 Å². The second-order valence-corrected chi connectivity index (χ2v) is 9.06. The third kappa shape index (κ3) is 4.56. The van der Waals surface area contributed by atoms with Gasteiger partial charge in [0, 0.05) is 43.8 Å². The molecule has 1 fully saturated rings. The normalized spacial score (nSPS) is 15.2. The Morgan fingerprint density at radius 1 is 1.03 bits per heavy atom. The smallest absolute Gasteiger partial charge is 0.353 e. The lowest BCUT2D eigenvalue weighted by Crippen LogP contribution is -2.46. The molecule has 0 radical (unpaired) electrons. The molecule has 4 aromatic rings. The van der Waals surface area contributed by atoms with Gasteiger partial charge in [0.1, 0.15) is 6.33 Å². The zero-order chi connectivity index (χ0) is 25.4. The first-order valence-corrected chi connectivity index (χ1v) is 12.0. The molecule has 11 nitrogen and oxygen atoms in total. The number of anilines is 3. The van der Waals surface area contributed by atoms with E-state index < -0.39 is 4.92 Å². The minimum atomic E-state index is -0.416. The minimum Gasteiger partial charge on any atom is -0.454 e. The molecule has 0 saturated carbocycles. The Morgan fingerprint density at radius 2 is 1.86 bits per heavy atom. The highest BCUT2D eigenvalue weighted by atomic mass is 16.7. The van der Waals surface area contributed by atoms with Crippen molar-refractivity contribution < 1.29 is 14.4 Å². The number of benzene rings is 2. The molecule has 0 aliphatic carbocycles. The summed E-state index contributed by atoms with van der Waals surface area (Å²) in [6, 6.07) is 15.6. The number of hydrogen-bond donors (Lipinski definition) is 1. The van der Waals surface area contributed by atoms with Crippen LogP contribution in [-0.4, -0.2) is 57.7 Å². The number of hydrogen-bond acceptors (Lipinski definition) is 10. The van der Waals surface area contributed by atoms with Gasteiger partial charge in [-0.2, -0.15) is 0 Å². The Hall–Kier alpha value is -4.51. The number of aromatic nitrogens is 3. The average molecular weight is 500 g/mol. The van der Waals surface area contributed by atoms with Gasteiger partial charge in [-0.1, -0.05) is 24.3 Å². The van der Waals surface area contributed by atoms with E-state index in [0.717, 1.165) is 53.3 Å². The SMILES string of the molecule is Cc1ccc2cccc(Nc3ncnc(N4CCN(Cc5ccc6c(c5)OCO6)CC4)c3[N+](=O)[O-])c2n1. The maximum atomic E-state index is 12.2. The van der Waals surface area contributed by atoms with Crippen LogP contribution in [0, 0.1) is 17.0 Å². The van der Waals surface area contributed by atoms with Gasteiger partial charge in [-0.25, -0.2) is 9.97 Å². The first-order chi connectivity index (χ1) is 18.0. The summed E-state index contributed by atoms with van der Waals surface area (Å²) in [4.78, 5) is 29.2. The summed E-state index contributed by atoms with van der Waals surface area (Å²) < 4.78 is 10.9. The van der Waals surface area contributed by atoms with Crippen LogP contribution in [0.3, 0.4) is 0 Å². The van der Waals surface area contributed by atoms with Gasteiger partial charge in [0.2, 0.25) is 18.4 Å². The molecule has 4 heterocycles. The van der Waals surface area contributed by atoms with E-state index in [4.69, 9.17) is 9.47 Å². The highest BCUT2D eigenvalue weighted by Gasteiger charge is 2.30. The van der Waals surface area contributed by atoms with E-state index in [2.05, 4.69) is 25.2 Å². The number of ether oxygens (including phenoxy) is 2. The summed E-state index contributed by atoms with van der Waals surface area (Å²) in [5.41, 5.74) is 3.24. The van der Waals surface area contributed by atoms with Crippen LogP contribution in [0.15, 0.2) is 54.9 Å². The van der Waals surface area contributed by atoms with Crippen LogP contribution >= 0.6 is 0 Å². The van der Waals surface area contributed by atoms with Crippen LogP contribution in [0.25, 0.3) is 10.9 Å². The lowest BCUT2D eigenvalue weighted by molar-refractivity contribution is -0.383. The highest BCUT2D eigenvalue weighted by molar-refractivity contribution is 5.93. The van der Waals surface area contributed by atoms with Crippen LogP contribution in [-0.2, 0) is 6.54 Å². The molecule has 1 N–H and O–H groups in total. The van der Waals surface area contributed by atoms with Gasteiger partial charge in [-0.15, -0.1) is 0 Å². The number of aryl methyl sites for hydroxylation is 1. The van der Waals surface area contributed by atoms with E-state index in [1.807, 2.05) is 60.4 Å². The highest BCUT2D eigenvalue weighted by Crippen LogP contribution is 2.36. The number of piperazine rings is 1. The number of nitrogens with zero attached hydrogens (tertiary/aromatic N) is 6. The molecule has 188 valence electrons. The third-order valence-corrected chi connectivity index (χ3v) is 6.61. The molecule has 11 heteroatoms. The summed E-state index contributed by atoms with van der Waals surface area (Å²) in [5.74, 6) is 2.00. The fourth-order valence-electron chi connectivity index (χ4n) is 4.75. The second-order valence-electron chi connectivity index (χ2n) is 9.06. The summed E-state index contributed by atoms with van der Waals surface area (Å²) >= 11 is 0. The van der Waals surface area contributed by atoms with Gasteiger partial charge in [-0.3, -0.25) is 20.0 Å². The van der Waals surface area contributed by atoms with Crippen molar-refractivity contribution in [2.45, 2.75) is 13.5 Å². The molecule has 0 amide bonds. The van der Waals surface area contributed by atoms with Crippen molar-refractivity contribution in [1.29, 1.82) is 0 Å². The Balaban J connectivity index is 1.21. The summed E-state index contributed by atoms with van der Waals surface area (Å²) in [5, 5.41) is 16.3. The fourth-order valence-corrected chi connectivity index (χ4v) is 4.75. The maximum absolute atomic E-state index is 12.2. The average Bonchev–Trinajstić information content (AvgIpc) is 3.37. The van der Waals surface area contributed by atoms with Crippen molar-refractivity contribution in [1.82, 2.24) is 19.9 Å². The summed E-state index contributed by atoms with van der Waals surface area (Å²) in [6.07, 6.45) is 1.37. The molecule has 1 saturated heterocycles. The number of rotatable bonds is 6. The number of fused-ring (bicyclic) bond motifs is 2. The first-order valence-electron chi connectivity index (χ1n) is 12.0. The number of nitro groups is 1. The molecule has 0 unspecified atom stereocenters. The monoisotopic (exact) mass is 499 g/mol. The van der Waals surface area contributed by atoms with Crippen LogP contribution in [0.2, 0.25) is 0 Å². The van der Waals surface area contributed by atoms with Crippen molar-refractivity contribution in [3.8, 4) is 11.5 Å². The van der Waals surface area contributed by atoms with Crippen molar-refractivity contribution in [3.63, 3.8) is 0 Å². The zero-order valence-corrected chi connectivity index (χ0v) is 20.3. The summed E-state index contributed by atoms with van der Waals surface area (Å²) in [7, 11) is 0. The molecule has 37 heavy (non-hydrogen) atoms. The molecule has 2 aromatic carbocycles. The fraction of sp³-hybridized carbons (Fsp3) is 0.269. The van der Waals surface area contributed by atoms with Crippen molar-refractivity contribution in [3.05, 3.63) is 76.2 Å². The molecule has 6 rings (SSSR count). The minimum absolute atomic E-state index is 0.142. The third-order valence-electron chi connectivity index (χ3n) is 6.61. The van der Waals surface area contributed by atoms with Gasteiger partial charge in [0.25, 0.3) is 0 Å². The lowest BCUT2D eigenvalue weighted by atomic mass is 10.1. The Kier molecular flexibility index (Phi) is 5.89.